The van der Waals surface area contributed by atoms with Crippen molar-refractivity contribution in [2.45, 2.75) is 18.8 Å². The summed E-state index contributed by atoms with van der Waals surface area (Å²) in [7, 11) is 1.61. The Morgan fingerprint density at radius 2 is 1.83 bits per heavy atom. The van der Waals surface area contributed by atoms with Crippen LogP contribution in [-0.4, -0.2) is 43.5 Å². The molecule has 2 unspecified atom stereocenters. The smallest absolute Gasteiger partial charge is 0.253 e. The molecule has 2 aliphatic rings. The molecule has 152 valence electrons. The fraction of sp³-hybridized carbons (Fsp3) is 0.391. The molecule has 2 amide bonds. The van der Waals surface area contributed by atoms with Gasteiger partial charge < -0.3 is 15.0 Å². The van der Waals surface area contributed by atoms with Crippen molar-refractivity contribution in [1.29, 1.82) is 0 Å². The third kappa shape index (κ3) is 4.26. The van der Waals surface area contributed by atoms with E-state index >= 15 is 0 Å². The van der Waals surface area contributed by atoms with Crippen LogP contribution in [0.15, 0.2) is 48.5 Å². The second kappa shape index (κ2) is 8.23. The van der Waals surface area contributed by atoms with Crippen LogP contribution in [0.25, 0.3) is 0 Å². The average Bonchev–Trinajstić information content (AvgIpc) is 3.48. The van der Waals surface area contributed by atoms with Gasteiger partial charge in [0.2, 0.25) is 5.91 Å². The van der Waals surface area contributed by atoms with Gasteiger partial charge in [-0.15, -0.1) is 0 Å². The highest BCUT2D eigenvalue weighted by atomic mass is 19.1. The topological polar surface area (TPSA) is 58.6 Å². The van der Waals surface area contributed by atoms with Crippen LogP contribution in [-0.2, 0) is 4.79 Å². The van der Waals surface area contributed by atoms with Crippen molar-refractivity contribution in [1.82, 2.24) is 10.2 Å². The quantitative estimate of drug-likeness (QED) is 0.816. The molecule has 2 atom stereocenters. The van der Waals surface area contributed by atoms with Crippen LogP contribution in [0, 0.1) is 17.7 Å². The molecular formula is C23H25FN2O3. The summed E-state index contributed by atoms with van der Waals surface area (Å²) in [6, 6.07) is 13.2. The molecule has 1 saturated carbocycles. The van der Waals surface area contributed by atoms with Gasteiger partial charge in [0.25, 0.3) is 5.91 Å². The summed E-state index contributed by atoms with van der Waals surface area (Å²) in [5.74, 6) is 0.191. The first-order chi connectivity index (χ1) is 14.1. The van der Waals surface area contributed by atoms with E-state index in [0.29, 0.717) is 36.9 Å². The number of benzene rings is 2. The van der Waals surface area contributed by atoms with Gasteiger partial charge in [-0.1, -0.05) is 18.2 Å². The van der Waals surface area contributed by atoms with Crippen LogP contribution in [0.3, 0.4) is 0 Å². The highest BCUT2D eigenvalue weighted by Gasteiger charge is 2.42. The van der Waals surface area contributed by atoms with E-state index in [-0.39, 0.29) is 29.5 Å². The number of amides is 2. The largest absolute Gasteiger partial charge is 0.496 e. The fourth-order valence-corrected chi connectivity index (χ4v) is 4.00. The first-order valence-corrected chi connectivity index (χ1v) is 10.0. The summed E-state index contributed by atoms with van der Waals surface area (Å²) < 4.78 is 18.7. The molecule has 0 bridgehead atoms. The van der Waals surface area contributed by atoms with Crippen molar-refractivity contribution < 1.29 is 18.7 Å². The van der Waals surface area contributed by atoms with Gasteiger partial charge in [-0.2, -0.15) is 0 Å². The molecule has 1 aliphatic carbocycles. The lowest BCUT2D eigenvalue weighted by atomic mass is 9.87. The summed E-state index contributed by atoms with van der Waals surface area (Å²) in [4.78, 5) is 27.6. The van der Waals surface area contributed by atoms with E-state index in [1.165, 1.54) is 24.3 Å². The molecule has 5 nitrogen and oxygen atoms in total. The molecule has 1 heterocycles. The number of nitrogens with zero attached hydrogens (tertiary/aromatic N) is 1. The minimum absolute atomic E-state index is 0.0257. The van der Waals surface area contributed by atoms with Gasteiger partial charge >= 0.3 is 0 Å². The zero-order valence-electron chi connectivity index (χ0n) is 16.4. The van der Waals surface area contributed by atoms with Crippen LogP contribution in [0.1, 0.15) is 34.7 Å². The molecule has 2 aromatic rings. The van der Waals surface area contributed by atoms with Gasteiger partial charge in [0.1, 0.15) is 11.6 Å². The predicted molar refractivity (Wildman–Crippen MR) is 107 cm³/mol. The van der Waals surface area contributed by atoms with E-state index in [1.807, 2.05) is 24.3 Å². The van der Waals surface area contributed by atoms with E-state index in [1.54, 1.807) is 12.0 Å². The molecule has 2 fully saturated rings. The first kappa shape index (κ1) is 19.4. The Hall–Kier alpha value is -2.89. The van der Waals surface area contributed by atoms with Gasteiger partial charge in [-0.05, 0) is 54.7 Å². The van der Waals surface area contributed by atoms with E-state index in [9.17, 15) is 14.0 Å². The molecule has 29 heavy (non-hydrogen) atoms. The Kier molecular flexibility index (Phi) is 5.51. The number of likely N-dealkylation sites (tertiary alicyclic amines) is 1. The lowest BCUT2D eigenvalue weighted by molar-refractivity contribution is -0.125. The van der Waals surface area contributed by atoms with Crippen LogP contribution in [0.2, 0.25) is 0 Å². The summed E-state index contributed by atoms with van der Waals surface area (Å²) in [5, 5.41) is 3.06. The molecule has 0 aromatic heterocycles. The highest BCUT2D eigenvalue weighted by molar-refractivity contribution is 5.95. The van der Waals surface area contributed by atoms with Crippen molar-refractivity contribution in [2.24, 2.45) is 11.8 Å². The molecular weight excluding hydrogens is 371 g/mol. The minimum atomic E-state index is -0.382. The third-order valence-corrected chi connectivity index (χ3v) is 5.84. The summed E-state index contributed by atoms with van der Waals surface area (Å²) in [6.45, 7) is 1.44. The second-order valence-electron chi connectivity index (χ2n) is 7.86. The summed E-state index contributed by atoms with van der Waals surface area (Å²) >= 11 is 0. The normalized spacial score (nSPS) is 21.1. The van der Waals surface area contributed by atoms with Crippen molar-refractivity contribution in [2.75, 3.05) is 26.7 Å². The lowest BCUT2D eigenvalue weighted by Crippen LogP contribution is -2.36. The Morgan fingerprint density at radius 1 is 1.10 bits per heavy atom. The van der Waals surface area contributed by atoms with Crippen molar-refractivity contribution in [3.05, 3.63) is 65.5 Å². The summed E-state index contributed by atoms with van der Waals surface area (Å²) in [5.41, 5.74) is 1.35. The molecule has 2 aromatic carbocycles. The molecule has 0 radical (unpaired) electrons. The number of methoxy groups -OCH3 is 1. The van der Waals surface area contributed by atoms with Gasteiger partial charge in [-0.25, -0.2) is 4.39 Å². The van der Waals surface area contributed by atoms with Crippen molar-refractivity contribution in [3.63, 3.8) is 0 Å². The maximum atomic E-state index is 13.2. The molecule has 1 N–H and O–H groups in total. The third-order valence-electron chi connectivity index (χ3n) is 5.84. The van der Waals surface area contributed by atoms with E-state index < -0.39 is 0 Å². The first-order valence-electron chi connectivity index (χ1n) is 10.0. The van der Waals surface area contributed by atoms with Gasteiger partial charge in [0, 0.05) is 31.1 Å². The maximum Gasteiger partial charge on any atom is 0.253 e. The number of halogens is 1. The molecule has 1 saturated heterocycles. The van der Waals surface area contributed by atoms with Crippen molar-refractivity contribution >= 4 is 11.8 Å². The molecule has 1 aliphatic heterocycles. The number of nitrogens with one attached hydrogen (secondary N) is 1. The van der Waals surface area contributed by atoms with Crippen LogP contribution in [0.4, 0.5) is 4.39 Å². The summed E-state index contributed by atoms with van der Waals surface area (Å²) in [6.07, 6.45) is 2.33. The van der Waals surface area contributed by atoms with Gasteiger partial charge in [0.15, 0.2) is 0 Å². The Morgan fingerprint density at radius 3 is 2.52 bits per heavy atom. The van der Waals surface area contributed by atoms with E-state index in [2.05, 4.69) is 5.32 Å². The van der Waals surface area contributed by atoms with E-state index in [0.717, 1.165) is 18.4 Å². The highest BCUT2D eigenvalue weighted by Crippen LogP contribution is 2.38. The number of carbonyl (C=O) groups is 2. The Balaban J connectivity index is 1.58. The zero-order chi connectivity index (χ0) is 20.4. The average molecular weight is 396 g/mol. The molecule has 0 spiro atoms. The Bertz CT molecular complexity index is 895. The predicted octanol–water partition coefficient (Wildman–Crippen LogP) is 3.22. The Labute approximate surface area is 169 Å². The lowest BCUT2D eigenvalue weighted by Gasteiger charge is -2.20. The number of para-hydroxylation sites is 1. The zero-order valence-corrected chi connectivity index (χ0v) is 16.4. The number of hydrogen-bond donors (Lipinski definition) is 1. The minimum Gasteiger partial charge on any atom is -0.496 e. The second-order valence-corrected chi connectivity index (χ2v) is 7.86. The number of carbonyl (C=O) groups excluding carboxylic acids is 2. The van der Waals surface area contributed by atoms with Crippen LogP contribution >= 0.6 is 0 Å². The number of hydrogen-bond acceptors (Lipinski definition) is 3. The standard InChI is InChI=1S/C23H25FN2O3/c1-29-21-5-3-2-4-18(21)19-13-26(23(28)16-8-10-17(24)11-9-16)14-20(19)22(27)25-12-15-6-7-15/h2-5,8-11,15,19-20H,6-7,12-14H2,1H3,(H,25,27). The molecule has 6 heteroatoms. The van der Waals surface area contributed by atoms with Crippen molar-refractivity contribution in [3.8, 4) is 5.75 Å². The van der Waals surface area contributed by atoms with Crippen LogP contribution in [0.5, 0.6) is 5.75 Å². The van der Waals surface area contributed by atoms with Gasteiger partial charge in [-0.3, -0.25) is 9.59 Å². The molecule has 4 rings (SSSR count). The van der Waals surface area contributed by atoms with Gasteiger partial charge in [0.05, 0.1) is 13.0 Å². The monoisotopic (exact) mass is 396 g/mol. The number of ether oxygens (including phenoxy) is 1. The fourth-order valence-electron chi connectivity index (χ4n) is 4.00. The van der Waals surface area contributed by atoms with Crippen LogP contribution < -0.4 is 10.1 Å². The maximum absolute atomic E-state index is 13.2. The SMILES string of the molecule is COc1ccccc1C1CN(C(=O)c2ccc(F)cc2)CC1C(=O)NCC1CC1. The number of rotatable bonds is 6. The van der Waals surface area contributed by atoms with E-state index in [4.69, 9.17) is 4.74 Å².